The number of ether oxygens (including phenoxy) is 1. The van der Waals surface area contributed by atoms with Crippen LogP contribution in [0.4, 0.5) is 22.0 Å². The first kappa shape index (κ1) is 30.5. The Morgan fingerprint density at radius 2 is 1.50 bits per heavy atom. The van der Waals surface area contributed by atoms with E-state index in [0.29, 0.717) is 5.96 Å². The van der Waals surface area contributed by atoms with Crippen molar-refractivity contribution in [3.8, 4) is 0 Å². The third-order valence-electron chi connectivity index (χ3n) is 5.68. The highest BCUT2D eigenvalue weighted by Gasteiger charge is 2.58. The van der Waals surface area contributed by atoms with Crippen molar-refractivity contribution in [3.05, 3.63) is 95.3 Å². The maximum atomic E-state index is 11.9. The van der Waals surface area contributed by atoms with E-state index in [1.165, 1.54) is 16.7 Å². The molecule has 0 saturated heterocycles. The molecule has 0 aliphatic carbocycles. The highest BCUT2D eigenvalue weighted by Crippen LogP contribution is 2.38. The average molecular weight is 538 g/mol. The summed E-state index contributed by atoms with van der Waals surface area (Å²) in [4.78, 5) is 16.7. The van der Waals surface area contributed by atoms with Crippen LogP contribution in [0.25, 0.3) is 0 Å². The number of esters is 1. The minimum atomic E-state index is -5.68. The van der Waals surface area contributed by atoms with Crippen LogP contribution >= 0.6 is 0 Å². The monoisotopic (exact) mass is 537 g/mol. The number of hydrogen-bond donors (Lipinski definition) is 1. The zero-order valence-corrected chi connectivity index (χ0v) is 21.6. The molecule has 1 aliphatic rings. The Labute approximate surface area is 219 Å². The number of nitrogens with two attached hydrogens (primary N) is 1. The molecule has 0 spiro atoms. The van der Waals surface area contributed by atoms with Crippen molar-refractivity contribution in [2.75, 3.05) is 6.61 Å². The third-order valence-corrected chi connectivity index (χ3v) is 5.68. The number of benzene rings is 2. The highest BCUT2D eigenvalue weighted by molar-refractivity contribution is 5.84. The first-order valence-corrected chi connectivity index (χ1v) is 12.1. The van der Waals surface area contributed by atoms with Crippen LogP contribution in [0.2, 0.25) is 0 Å². The Hall–Kier alpha value is -3.69. The third kappa shape index (κ3) is 7.66. The van der Waals surface area contributed by atoms with Crippen molar-refractivity contribution in [2.24, 2.45) is 10.7 Å². The molecule has 3 rings (SSSR count). The predicted octanol–water partition coefficient (Wildman–Crippen LogP) is 7.13. The molecule has 0 aromatic heterocycles. The zero-order valence-electron chi connectivity index (χ0n) is 21.6. The molecule has 1 aliphatic heterocycles. The van der Waals surface area contributed by atoms with Gasteiger partial charge < -0.3 is 15.4 Å². The fraction of sp³-hybridized carbons (Fsp3) is 0.357. The van der Waals surface area contributed by atoms with Crippen LogP contribution in [0.15, 0.2) is 89.2 Å². The summed E-state index contributed by atoms with van der Waals surface area (Å²) < 4.78 is 61.3. The summed E-state index contributed by atoms with van der Waals surface area (Å²) in [6.07, 6.45) is -2.79. The van der Waals surface area contributed by atoms with E-state index < -0.39 is 24.7 Å². The van der Waals surface area contributed by atoms with Crippen molar-refractivity contribution >= 4 is 11.9 Å². The van der Waals surface area contributed by atoms with Gasteiger partial charge in [0.15, 0.2) is 6.61 Å². The van der Waals surface area contributed by atoms with Gasteiger partial charge in [0.1, 0.15) is 0 Å². The molecule has 10 heteroatoms. The van der Waals surface area contributed by atoms with Gasteiger partial charge in [-0.25, -0.2) is 4.99 Å². The fourth-order valence-electron chi connectivity index (χ4n) is 3.86. The molecule has 1 heterocycles. The number of carbonyl (C=O) groups is 1. The molecule has 38 heavy (non-hydrogen) atoms. The standard InChI is InChI=1S/C23H27N3.C5H5F5O2/c1-4-12-20-17(3)26(23(24)25-21(20)5-2)22(18-13-8-6-9-14-18)19-15-10-7-11-16-19;1-3(11)12-2-4(6,7)5(8,9)10/h6-11,13-16,22H,3-5,12H2,1-2H3,(H2,24,25);2H2,1H3. The second-order valence-corrected chi connectivity index (χ2v) is 8.52. The topological polar surface area (TPSA) is 67.9 Å². The molecule has 0 atom stereocenters. The maximum absolute atomic E-state index is 11.9. The van der Waals surface area contributed by atoms with Crippen molar-refractivity contribution in [3.63, 3.8) is 0 Å². The molecule has 206 valence electrons. The molecule has 2 aromatic rings. The van der Waals surface area contributed by atoms with Crippen LogP contribution in [0.1, 0.15) is 57.2 Å². The molecule has 0 amide bonds. The van der Waals surface area contributed by atoms with Gasteiger partial charge in [-0.3, -0.25) is 4.79 Å². The van der Waals surface area contributed by atoms with Gasteiger partial charge in [-0.15, -0.1) is 0 Å². The minimum absolute atomic E-state index is 0.0427. The lowest BCUT2D eigenvalue weighted by Gasteiger charge is -2.38. The molecule has 0 fully saturated rings. The minimum Gasteiger partial charge on any atom is -0.459 e. The quantitative estimate of drug-likeness (QED) is 0.287. The number of alkyl halides is 5. The average Bonchev–Trinajstić information content (AvgIpc) is 2.87. The van der Waals surface area contributed by atoms with Gasteiger partial charge in [-0.05, 0) is 29.5 Å². The largest absolute Gasteiger partial charge is 0.459 e. The number of guanidine groups is 1. The van der Waals surface area contributed by atoms with E-state index in [1.807, 2.05) is 12.1 Å². The number of carbonyl (C=O) groups excluding carboxylic acids is 1. The molecule has 2 aromatic carbocycles. The summed E-state index contributed by atoms with van der Waals surface area (Å²) in [6, 6.07) is 20.8. The van der Waals surface area contributed by atoms with Gasteiger partial charge in [0.2, 0.25) is 5.96 Å². The zero-order chi connectivity index (χ0) is 28.5. The van der Waals surface area contributed by atoms with E-state index in [0.717, 1.165) is 37.6 Å². The summed E-state index contributed by atoms with van der Waals surface area (Å²) in [7, 11) is 0. The molecule has 0 radical (unpaired) electrons. The van der Waals surface area contributed by atoms with Gasteiger partial charge in [0.25, 0.3) is 0 Å². The van der Waals surface area contributed by atoms with E-state index in [-0.39, 0.29) is 6.04 Å². The number of rotatable bonds is 8. The lowest BCUT2D eigenvalue weighted by Crippen LogP contribution is -2.42. The second-order valence-electron chi connectivity index (χ2n) is 8.52. The molecule has 0 saturated carbocycles. The van der Waals surface area contributed by atoms with Gasteiger partial charge in [-0.1, -0.05) is 87.5 Å². The van der Waals surface area contributed by atoms with Gasteiger partial charge >= 0.3 is 18.1 Å². The van der Waals surface area contributed by atoms with Crippen LogP contribution in [-0.4, -0.2) is 35.5 Å². The van der Waals surface area contributed by atoms with E-state index in [1.54, 1.807) is 0 Å². The van der Waals surface area contributed by atoms with Gasteiger partial charge in [0.05, 0.1) is 6.04 Å². The Morgan fingerprint density at radius 3 is 1.89 bits per heavy atom. The number of allylic oxidation sites excluding steroid dienone is 2. The lowest BCUT2D eigenvalue weighted by molar-refractivity contribution is -0.293. The Bertz CT molecular complexity index is 1110. The van der Waals surface area contributed by atoms with E-state index in [4.69, 9.17) is 10.7 Å². The first-order valence-electron chi connectivity index (χ1n) is 12.1. The van der Waals surface area contributed by atoms with Crippen molar-refractivity contribution < 1.29 is 31.5 Å². The van der Waals surface area contributed by atoms with Gasteiger partial charge in [0, 0.05) is 18.3 Å². The normalized spacial score (nSPS) is 14.2. The summed E-state index contributed by atoms with van der Waals surface area (Å²) in [5.74, 6) is -5.64. The second kappa shape index (κ2) is 13.2. The SMILES string of the molecule is C=C1C(CCC)=C(CC)N=C(N)N1C(c1ccccc1)c1ccccc1.CC(=O)OCC(F)(F)C(F)(F)F. The number of hydrogen-bond acceptors (Lipinski definition) is 5. The molecular formula is C28H32F5N3O2. The van der Waals surface area contributed by atoms with E-state index in [2.05, 4.69) is 78.6 Å². The van der Waals surface area contributed by atoms with Crippen LogP contribution in [0, 0.1) is 0 Å². The molecule has 2 N–H and O–H groups in total. The first-order chi connectivity index (χ1) is 17.8. The van der Waals surface area contributed by atoms with Crippen LogP contribution in [0.5, 0.6) is 0 Å². The Kier molecular flexibility index (Phi) is 10.6. The Morgan fingerprint density at radius 1 is 1.00 bits per heavy atom. The smallest absolute Gasteiger partial charge is 0.456 e. The van der Waals surface area contributed by atoms with Crippen molar-refractivity contribution in [2.45, 2.75) is 58.2 Å². The lowest BCUT2D eigenvalue weighted by atomic mass is 9.93. The summed E-state index contributed by atoms with van der Waals surface area (Å²) in [6.45, 7) is 7.51. The molecule has 0 bridgehead atoms. The van der Waals surface area contributed by atoms with Crippen LogP contribution < -0.4 is 5.73 Å². The molecule has 0 unspecified atom stereocenters. The summed E-state index contributed by atoms with van der Waals surface area (Å²) in [5.41, 5.74) is 12.1. The molecular weight excluding hydrogens is 505 g/mol. The maximum Gasteiger partial charge on any atom is 0.456 e. The van der Waals surface area contributed by atoms with Crippen molar-refractivity contribution in [1.29, 1.82) is 0 Å². The van der Waals surface area contributed by atoms with E-state index >= 15 is 0 Å². The van der Waals surface area contributed by atoms with Gasteiger partial charge in [-0.2, -0.15) is 22.0 Å². The molecule has 5 nitrogen and oxygen atoms in total. The predicted molar refractivity (Wildman–Crippen MR) is 137 cm³/mol. The van der Waals surface area contributed by atoms with E-state index in [9.17, 15) is 26.7 Å². The number of halogens is 5. The fourth-order valence-corrected chi connectivity index (χ4v) is 3.86. The Balaban J connectivity index is 0.000000358. The number of nitrogens with zero attached hydrogens (tertiary/aromatic N) is 2. The summed E-state index contributed by atoms with van der Waals surface area (Å²) >= 11 is 0. The number of aliphatic imine (C=N–C) groups is 1. The van der Waals surface area contributed by atoms with Crippen LogP contribution in [-0.2, 0) is 9.53 Å². The van der Waals surface area contributed by atoms with Crippen LogP contribution in [0.3, 0.4) is 0 Å². The summed E-state index contributed by atoms with van der Waals surface area (Å²) in [5, 5.41) is 0. The highest BCUT2D eigenvalue weighted by atomic mass is 19.4. The van der Waals surface area contributed by atoms with Crippen molar-refractivity contribution in [1.82, 2.24) is 4.90 Å².